The van der Waals surface area contributed by atoms with Gasteiger partial charge in [0.1, 0.15) is 17.2 Å². The first-order valence-corrected chi connectivity index (χ1v) is 5.79. The van der Waals surface area contributed by atoms with Crippen molar-refractivity contribution in [1.82, 2.24) is 0 Å². The number of hydrogen-bond acceptors (Lipinski definition) is 3. The van der Waals surface area contributed by atoms with Crippen molar-refractivity contribution in [3.63, 3.8) is 0 Å². The van der Waals surface area contributed by atoms with Crippen molar-refractivity contribution in [3.8, 4) is 17.2 Å². The summed E-state index contributed by atoms with van der Waals surface area (Å²) < 4.78 is 10.8. The van der Waals surface area contributed by atoms with Crippen LogP contribution in [0.3, 0.4) is 0 Å². The van der Waals surface area contributed by atoms with E-state index in [1.807, 2.05) is 48.5 Å². The van der Waals surface area contributed by atoms with Crippen molar-refractivity contribution in [3.05, 3.63) is 54.1 Å². The van der Waals surface area contributed by atoms with Crippen LogP contribution in [0, 0.1) is 0 Å². The van der Waals surface area contributed by atoms with Gasteiger partial charge in [0.05, 0.1) is 13.2 Å². The van der Waals surface area contributed by atoms with Crippen molar-refractivity contribution in [2.24, 2.45) is 0 Å². The molecule has 0 fully saturated rings. The van der Waals surface area contributed by atoms with Crippen molar-refractivity contribution in [2.75, 3.05) is 7.11 Å². The van der Waals surface area contributed by atoms with Gasteiger partial charge in [-0.05, 0) is 48.9 Å². The van der Waals surface area contributed by atoms with E-state index in [9.17, 15) is 5.11 Å². The minimum absolute atomic E-state index is 0.458. The number of rotatable bonds is 4. The monoisotopic (exact) mass is 244 g/mol. The zero-order valence-corrected chi connectivity index (χ0v) is 10.5. The van der Waals surface area contributed by atoms with E-state index < -0.39 is 6.10 Å². The number of ether oxygens (including phenoxy) is 2. The summed E-state index contributed by atoms with van der Waals surface area (Å²) in [4.78, 5) is 0. The van der Waals surface area contributed by atoms with E-state index in [0.717, 1.165) is 22.8 Å². The third-order valence-electron chi connectivity index (χ3n) is 2.66. The number of benzene rings is 2. The third-order valence-corrected chi connectivity index (χ3v) is 2.66. The molecule has 0 aliphatic rings. The fourth-order valence-electron chi connectivity index (χ4n) is 1.59. The Morgan fingerprint density at radius 2 is 1.28 bits per heavy atom. The predicted molar refractivity (Wildman–Crippen MR) is 70.1 cm³/mol. The molecule has 1 N–H and O–H groups in total. The normalized spacial score (nSPS) is 11.9. The molecule has 0 heterocycles. The second-order valence-corrected chi connectivity index (χ2v) is 4.02. The lowest BCUT2D eigenvalue weighted by molar-refractivity contribution is 0.199. The Hall–Kier alpha value is -2.00. The zero-order chi connectivity index (χ0) is 13.0. The third kappa shape index (κ3) is 3.02. The summed E-state index contributed by atoms with van der Waals surface area (Å²) >= 11 is 0. The lowest BCUT2D eigenvalue weighted by Crippen LogP contribution is -1.91. The smallest absolute Gasteiger partial charge is 0.127 e. The van der Waals surface area contributed by atoms with E-state index in [1.165, 1.54) is 0 Å². The summed E-state index contributed by atoms with van der Waals surface area (Å²) in [7, 11) is 1.63. The minimum Gasteiger partial charge on any atom is -0.497 e. The van der Waals surface area contributed by atoms with Crippen LogP contribution >= 0.6 is 0 Å². The largest absolute Gasteiger partial charge is 0.497 e. The second kappa shape index (κ2) is 5.56. The van der Waals surface area contributed by atoms with Gasteiger partial charge in [0, 0.05) is 0 Å². The molecule has 0 saturated heterocycles. The molecule has 0 unspecified atom stereocenters. The molecular weight excluding hydrogens is 228 g/mol. The van der Waals surface area contributed by atoms with Gasteiger partial charge in [-0.25, -0.2) is 0 Å². The van der Waals surface area contributed by atoms with Crippen molar-refractivity contribution in [1.29, 1.82) is 0 Å². The Morgan fingerprint density at radius 3 is 1.72 bits per heavy atom. The van der Waals surface area contributed by atoms with E-state index in [-0.39, 0.29) is 0 Å². The summed E-state index contributed by atoms with van der Waals surface area (Å²) in [5, 5.41) is 9.41. The van der Waals surface area contributed by atoms with Crippen molar-refractivity contribution in [2.45, 2.75) is 13.0 Å². The molecule has 0 aromatic heterocycles. The molecule has 0 radical (unpaired) electrons. The highest BCUT2D eigenvalue weighted by Gasteiger charge is 2.02. The molecule has 3 heteroatoms. The highest BCUT2D eigenvalue weighted by molar-refractivity contribution is 5.36. The van der Waals surface area contributed by atoms with E-state index in [0.29, 0.717) is 0 Å². The van der Waals surface area contributed by atoms with Gasteiger partial charge in [-0.1, -0.05) is 12.1 Å². The molecule has 2 aromatic carbocycles. The van der Waals surface area contributed by atoms with Crippen LogP contribution in [-0.4, -0.2) is 12.2 Å². The summed E-state index contributed by atoms with van der Waals surface area (Å²) in [5.74, 6) is 2.29. The van der Waals surface area contributed by atoms with E-state index in [2.05, 4.69) is 0 Å². The number of aliphatic hydroxyl groups is 1. The van der Waals surface area contributed by atoms with Crippen LogP contribution in [0.5, 0.6) is 17.2 Å². The van der Waals surface area contributed by atoms with Gasteiger partial charge in [0.25, 0.3) is 0 Å². The summed E-state index contributed by atoms with van der Waals surface area (Å²) in [6.45, 7) is 1.74. The number of aliphatic hydroxyl groups excluding tert-OH is 1. The molecule has 0 amide bonds. The van der Waals surface area contributed by atoms with Gasteiger partial charge in [0.2, 0.25) is 0 Å². The quantitative estimate of drug-likeness (QED) is 0.894. The van der Waals surface area contributed by atoms with Gasteiger partial charge in [-0.2, -0.15) is 0 Å². The van der Waals surface area contributed by atoms with Crippen molar-refractivity contribution < 1.29 is 14.6 Å². The van der Waals surface area contributed by atoms with Gasteiger partial charge in [-0.15, -0.1) is 0 Å². The van der Waals surface area contributed by atoms with Crippen LogP contribution < -0.4 is 9.47 Å². The van der Waals surface area contributed by atoms with E-state index >= 15 is 0 Å². The number of hydrogen-bond donors (Lipinski definition) is 1. The van der Waals surface area contributed by atoms with Gasteiger partial charge >= 0.3 is 0 Å². The van der Waals surface area contributed by atoms with E-state index in [1.54, 1.807) is 14.0 Å². The SMILES string of the molecule is COc1ccc(Oc2ccc([C@H](C)O)cc2)cc1. The molecule has 0 aliphatic carbocycles. The standard InChI is InChI=1S/C15H16O3/c1-11(16)12-3-5-14(6-4-12)18-15-9-7-13(17-2)8-10-15/h3-11,16H,1-2H3/t11-/m0/s1. The highest BCUT2D eigenvalue weighted by Crippen LogP contribution is 2.25. The van der Waals surface area contributed by atoms with Crippen molar-refractivity contribution >= 4 is 0 Å². The molecule has 18 heavy (non-hydrogen) atoms. The Balaban J connectivity index is 2.08. The Kier molecular flexibility index (Phi) is 3.85. The molecule has 0 bridgehead atoms. The fourth-order valence-corrected chi connectivity index (χ4v) is 1.59. The lowest BCUT2D eigenvalue weighted by Gasteiger charge is -2.08. The van der Waals surface area contributed by atoms with Gasteiger partial charge < -0.3 is 14.6 Å². The molecule has 0 aliphatic heterocycles. The second-order valence-electron chi connectivity index (χ2n) is 4.02. The summed E-state index contributed by atoms with van der Waals surface area (Å²) in [5.41, 5.74) is 0.872. The first-order chi connectivity index (χ1) is 8.69. The molecule has 0 saturated carbocycles. The molecule has 2 aromatic rings. The molecule has 94 valence electrons. The zero-order valence-electron chi connectivity index (χ0n) is 10.5. The van der Waals surface area contributed by atoms with Crippen LogP contribution in [0.1, 0.15) is 18.6 Å². The topological polar surface area (TPSA) is 38.7 Å². The molecule has 0 spiro atoms. The first-order valence-electron chi connectivity index (χ1n) is 5.79. The number of methoxy groups -OCH3 is 1. The Bertz CT molecular complexity index is 486. The predicted octanol–water partition coefficient (Wildman–Crippen LogP) is 3.54. The van der Waals surface area contributed by atoms with Crippen LogP contribution in [0.15, 0.2) is 48.5 Å². The van der Waals surface area contributed by atoms with E-state index in [4.69, 9.17) is 9.47 Å². The maximum absolute atomic E-state index is 9.41. The maximum Gasteiger partial charge on any atom is 0.127 e. The maximum atomic E-state index is 9.41. The van der Waals surface area contributed by atoms with Crippen LogP contribution in [-0.2, 0) is 0 Å². The lowest BCUT2D eigenvalue weighted by atomic mass is 10.1. The van der Waals surface area contributed by atoms with Crippen LogP contribution in [0.2, 0.25) is 0 Å². The minimum atomic E-state index is -0.458. The molecule has 1 atom stereocenters. The summed E-state index contributed by atoms with van der Waals surface area (Å²) in [6.07, 6.45) is -0.458. The molecule has 3 nitrogen and oxygen atoms in total. The fraction of sp³-hybridized carbons (Fsp3) is 0.200. The van der Waals surface area contributed by atoms with Gasteiger partial charge in [0.15, 0.2) is 0 Å². The average Bonchev–Trinajstić information content (AvgIpc) is 2.40. The Morgan fingerprint density at radius 1 is 0.833 bits per heavy atom. The summed E-state index contributed by atoms with van der Waals surface area (Å²) in [6, 6.07) is 14.8. The molecular formula is C15H16O3. The van der Waals surface area contributed by atoms with Crippen LogP contribution in [0.25, 0.3) is 0 Å². The van der Waals surface area contributed by atoms with Crippen LogP contribution in [0.4, 0.5) is 0 Å². The first kappa shape index (κ1) is 12.5. The average molecular weight is 244 g/mol. The Labute approximate surface area is 107 Å². The van der Waals surface area contributed by atoms with Gasteiger partial charge in [-0.3, -0.25) is 0 Å². The highest BCUT2D eigenvalue weighted by atomic mass is 16.5. The molecule has 2 rings (SSSR count).